The van der Waals surface area contributed by atoms with Crippen LogP contribution in [0.5, 0.6) is 0 Å². The Morgan fingerprint density at radius 1 is 0.846 bits per heavy atom. The molecule has 0 aliphatic carbocycles. The number of nitrogens with one attached hydrogen (secondary N) is 1. The highest BCUT2D eigenvalue weighted by atomic mass is 16.6. The molecular formula is C22H27NO3. The van der Waals surface area contributed by atoms with E-state index >= 15 is 0 Å². The van der Waals surface area contributed by atoms with Crippen molar-refractivity contribution in [2.75, 3.05) is 5.32 Å². The molecule has 1 amide bonds. The number of anilines is 1. The van der Waals surface area contributed by atoms with E-state index in [1.54, 1.807) is 24.3 Å². The van der Waals surface area contributed by atoms with Gasteiger partial charge in [-0.2, -0.15) is 0 Å². The van der Waals surface area contributed by atoms with E-state index in [1.807, 2.05) is 45.0 Å². The number of hydrogen-bond acceptors (Lipinski definition) is 3. The van der Waals surface area contributed by atoms with Gasteiger partial charge in [0.25, 0.3) is 5.91 Å². The van der Waals surface area contributed by atoms with Gasteiger partial charge in [-0.05, 0) is 62.1 Å². The predicted molar refractivity (Wildman–Crippen MR) is 105 cm³/mol. The minimum atomic E-state index is -0.564. The fraction of sp³-hybridized carbons (Fsp3) is 0.364. The van der Waals surface area contributed by atoms with E-state index in [4.69, 9.17) is 4.74 Å². The number of rotatable bonds is 3. The van der Waals surface area contributed by atoms with Gasteiger partial charge in [-0.25, -0.2) is 4.79 Å². The summed E-state index contributed by atoms with van der Waals surface area (Å²) in [5, 5.41) is 2.83. The Balaban J connectivity index is 2.12. The van der Waals surface area contributed by atoms with E-state index in [9.17, 15) is 9.59 Å². The smallest absolute Gasteiger partial charge is 0.338 e. The maximum atomic E-state index is 12.5. The molecule has 0 spiro atoms. The fourth-order valence-corrected chi connectivity index (χ4v) is 2.39. The first-order valence-corrected chi connectivity index (χ1v) is 8.71. The van der Waals surface area contributed by atoms with E-state index in [1.165, 1.54) is 5.56 Å². The lowest BCUT2D eigenvalue weighted by Crippen LogP contribution is -2.24. The summed E-state index contributed by atoms with van der Waals surface area (Å²) in [6.07, 6.45) is 0. The molecule has 4 nitrogen and oxygen atoms in total. The lowest BCUT2D eigenvalue weighted by Gasteiger charge is -2.19. The maximum Gasteiger partial charge on any atom is 0.338 e. The fourth-order valence-electron chi connectivity index (χ4n) is 2.39. The Morgan fingerprint density at radius 3 is 2.00 bits per heavy atom. The molecule has 1 N–H and O–H groups in total. The highest BCUT2D eigenvalue weighted by Gasteiger charge is 2.18. The maximum absolute atomic E-state index is 12.5. The average molecular weight is 353 g/mol. The van der Waals surface area contributed by atoms with Gasteiger partial charge in [-0.1, -0.05) is 39.0 Å². The summed E-state index contributed by atoms with van der Waals surface area (Å²) in [6.45, 7) is 11.8. The number of amides is 1. The Kier molecular flexibility index (Phi) is 5.55. The van der Waals surface area contributed by atoms with Crippen molar-refractivity contribution in [3.05, 3.63) is 65.2 Å². The molecule has 2 aromatic carbocycles. The van der Waals surface area contributed by atoms with Crippen LogP contribution in [0.2, 0.25) is 0 Å². The van der Waals surface area contributed by atoms with Crippen LogP contribution in [0.4, 0.5) is 5.69 Å². The van der Waals surface area contributed by atoms with E-state index < -0.39 is 11.6 Å². The summed E-state index contributed by atoms with van der Waals surface area (Å²) in [6, 6.07) is 14.3. The van der Waals surface area contributed by atoms with Crippen LogP contribution in [0.15, 0.2) is 48.5 Å². The summed E-state index contributed by atoms with van der Waals surface area (Å²) in [7, 11) is 0. The van der Waals surface area contributed by atoms with Crippen molar-refractivity contribution < 1.29 is 14.3 Å². The van der Waals surface area contributed by atoms with Crippen LogP contribution in [0.25, 0.3) is 0 Å². The summed E-state index contributed by atoms with van der Waals surface area (Å²) >= 11 is 0. The summed E-state index contributed by atoms with van der Waals surface area (Å²) in [4.78, 5) is 24.6. The molecule has 26 heavy (non-hydrogen) atoms. The molecule has 4 heteroatoms. The monoisotopic (exact) mass is 353 g/mol. The van der Waals surface area contributed by atoms with Gasteiger partial charge in [0.2, 0.25) is 0 Å². The first-order chi connectivity index (χ1) is 12.0. The molecule has 0 atom stereocenters. The molecule has 0 aliphatic heterocycles. The molecule has 0 bridgehead atoms. The second-order valence-corrected chi connectivity index (χ2v) is 8.36. The van der Waals surface area contributed by atoms with Crippen LogP contribution < -0.4 is 5.32 Å². The number of carbonyl (C=O) groups excluding carboxylic acids is 2. The van der Waals surface area contributed by atoms with Crippen molar-refractivity contribution in [1.29, 1.82) is 0 Å². The van der Waals surface area contributed by atoms with Gasteiger partial charge in [-0.15, -0.1) is 0 Å². The van der Waals surface area contributed by atoms with Gasteiger partial charge >= 0.3 is 5.97 Å². The third-order valence-electron chi connectivity index (χ3n) is 3.77. The standard InChI is InChI=1S/C22H27NO3/c1-21(2,3)17-12-10-15(11-13-17)19(24)23-18-9-7-8-16(14-18)20(25)26-22(4,5)6/h7-14H,1-6H3,(H,23,24). The third-order valence-corrected chi connectivity index (χ3v) is 3.77. The average Bonchev–Trinajstić information content (AvgIpc) is 2.53. The Morgan fingerprint density at radius 2 is 1.46 bits per heavy atom. The minimum absolute atomic E-state index is 0.0384. The van der Waals surface area contributed by atoms with E-state index in [0.717, 1.165) is 0 Å². The summed E-state index contributed by atoms with van der Waals surface area (Å²) < 4.78 is 5.36. The second-order valence-electron chi connectivity index (χ2n) is 8.36. The molecule has 0 radical (unpaired) electrons. The van der Waals surface area contributed by atoms with Crippen LogP contribution in [-0.4, -0.2) is 17.5 Å². The van der Waals surface area contributed by atoms with Crippen LogP contribution >= 0.6 is 0 Å². The molecule has 0 aromatic heterocycles. The first-order valence-electron chi connectivity index (χ1n) is 8.71. The number of hydrogen-bond donors (Lipinski definition) is 1. The Labute approximate surface area is 155 Å². The van der Waals surface area contributed by atoms with E-state index in [2.05, 4.69) is 26.1 Å². The van der Waals surface area contributed by atoms with Gasteiger partial charge in [0.1, 0.15) is 5.60 Å². The van der Waals surface area contributed by atoms with Gasteiger partial charge < -0.3 is 10.1 Å². The van der Waals surface area contributed by atoms with E-state index in [0.29, 0.717) is 16.8 Å². The van der Waals surface area contributed by atoms with Gasteiger partial charge in [0.05, 0.1) is 5.56 Å². The largest absolute Gasteiger partial charge is 0.456 e. The predicted octanol–water partition coefficient (Wildman–Crippen LogP) is 5.19. The molecule has 0 saturated carbocycles. The Hall–Kier alpha value is -2.62. The van der Waals surface area contributed by atoms with Gasteiger partial charge in [0.15, 0.2) is 0 Å². The molecule has 138 valence electrons. The third kappa shape index (κ3) is 5.45. The van der Waals surface area contributed by atoms with Crippen molar-refractivity contribution >= 4 is 17.6 Å². The van der Waals surface area contributed by atoms with Crippen molar-refractivity contribution in [2.45, 2.75) is 52.6 Å². The molecule has 0 heterocycles. The second kappa shape index (κ2) is 7.32. The quantitative estimate of drug-likeness (QED) is 0.772. The van der Waals surface area contributed by atoms with Gasteiger partial charge in [0, 0.05) is 11.3 Å². The molecular weight excluding hydrogens is 326 g/mol. The lowest BCUT2D eigenvalue weighted by molar-refractivity contribution is 0.00694. The number of ether oxygens (including phenoxy) is 1. The van der Waals surface area contributed by atoms with Crippen LogP contribution in [0.1, 0.15) is 67.8 Å². The minimum Gasteiger partial charge on any atom is -0.456 e. The lowest BCUT2D eigenvalue weighted by atomic mass is 9.87. The Bertz CT molecular complexity index is 793. The first kappa shape index (κ1) is 19.7. The molecule has 0 aliphatic rings. The number of benzene rings is 2. The number of esters is 1. The molecule has 2 rings (SSSR count). The van der Waals surface area contributed by atoms with Gasteiger partial charge in [-0.3, -0.25) is 4.79 Å². The zero-order valence-corrected chi connectivity index (χ0v) is 16.3. The molecule has 0 saturated heterocycles. The van der Waals surface area contributed by atoms with Crippen molar-refractivity contribution in [2.24, 2.45) is 0 Å². The van der Waals surface area contributed by atoms with Crippen molar-refractivity contribution in [3.63, 3.8) is 0 Å². The van der Waals surface area contributed by atoms with E-state index in [-0.39, 0.29) is 11.3 Å². The zero-order chi connectivity index (χ0) is 19.5. The molecule has 0 fully saturated rings. The van der Waals surface area contributed by atoms with Crippen LogP contribution in [-0.2, 0) is 10.2 Å². The van der Waals surface area contributed by atoms with Crippen molar-refractivity contribution in [1.82, 2.24) is 0 Å². The zero-order valence-electron chi connectivity index (χ0n) is 16.3. The summed E-state index contributed by atoms with van der Waals surface area (Å²) in [5.74, 6) is -0.630. The number of carbonyl (C=O) groups is 2. The van der Waals surface area contributed by atoms with Crippen LogP contribution in [0, 0.1) is 0 Å². The topological polar surface area (TPSA) is 55.4 Å². The molecule has 0 unspecified atom stereocenters. The summed E-state index contributed by atoms with van der Waals surface area (Å²) in [5.41, 5.74) is 2.17. The highest BCUT2D eigenvalue weighted by molar-refractivity contribution is 6.04. The SMILES string of the molecule is CC(C)(C)OC(=O)c1cccc(NC(=O)c2ccc(C(C)(C)C)cc2)c1. The normalized spacial score (nSPS) is 11.8. The van der Waals surface area contributed by atoms with Crippen molar-refractivity contribution in [3.8, 4) is 0 Å². The highest BCUT2D eigenvalue weighted by Crippen LogP contribution is 2.22. The molecule has 2 aromatic rings. The van der Waals surface area contributed by atoms with Crippen LogP contribution in [0.3, 0.4) is 0 Å².